The van der Waals surface area contributed by atoms with Gasteiger partial charge < -0.3 is 25.6 Å². The minimum absolute atomic E-state index is 0.0940. The van der Waals surface area contributed by atoms with Crippen LogP contribution < -0.4 is 15.4 Å². The lowest BCUT2D eigenvalue weighted by atomic mass is 10.1. The molecule has 0 aliphatic carbocycles. The molecular formula is C21H23FN4O3S. The van der Waals surface area contributed by atoms with E-state index in [4.69, 9.17) is 15.3 Å². The highest BCUT2D eigenvalue weighted by Gasteiger charge is 2.20. The summed E-state index contributed by atoms with van der Waals surface area (Å²) in [5, 5.41) is 33.4. The monoisotopic (exact) mass is 430 g/mol. The van der Waals surface area contributed by atoms with Gasteiger partial charge in [0.05, 0.1) is 6.61 Å². The number of aryl methyl sites for hydroxylation is 2. The van der Waals surface area contributed by atoms with E-state index < -0.39 is 5.82 Å². The van der Waals surface area contributed by atoms with E-state index >= 15 is 0 Å². The van der Waals surface area contributed by atoms with Crippen molar-refractivity contribution in [3.63, 3.8) is 0 Å². The zero-order chi connectivity index (χ0) is 21.8. The summed E-state index contributed by atoms with van der Waals surface area (Å²) in [7, 11) is 0. The lowest BCUT2D eigenvalue weighted by Crippen LogP contribution is -2.35. The number of ether oxygens (including phenoxy) is 1. The van der Waals surface area contributed by atoms with Gasteiger partial charge in [0.1, 0.15) is 22.1 Å². The molecule has 1 aromatic heterocycles. The van der Waals surface area contributed by atoms with Gasteiger partial charge in [-0.1, -0.05) is 18.2 Å². The number of aliphatic hydroxyl groups excluding tert-OH is 1. The van der Waals surface area contributed by atoms with Crippen LogP contribution in [0.25, 0.3) is 0 Å². The molecule has 1 heterocycles. The number of aromatic nitrogens is 1. The molecule has 0 spiro atoms. The van der Waals surface area contributed by atoms with Crippen molar-refractivity contribution >= 4 is 28.1 Å². The standard InChI is InChI=1S/C21H23FN4O3S/c1-11-5-4-6-12(2)18(11)29-16-8-7-14(9-15(16)22)25-21-17(20(28)26-30-21)19(23)24-13(3)10-27/h4-9,13,25,27H,10H2,1-3H3,(H2,23,24)(H,26,28). The van der Waals surface area contributed by atoms with Crippen LogP contribution in [0.15, 0.2) is 36.4 Å². The number of aliphatic hydroxyl groups is 1. The lowest BCUT2D eigenvalue weighted by Gasteiger charge is -2.15. The molecule has 1 atom stereocenters. The molecule has 5 N–H and O–H groups in total. The molecule has 30 heavy (non-hydrogen) atoms. The number of hydrogen-bond donors (Lipinski definition) is 5. The van der Waals surface area contributed by atoms with Gasteiger partial charge in [-0.15, -0.1) is 0 Å². The van der Waals surface area contributed by atoms with Gasteiger partial charge in [-0.05, 0) is 55.6 Å². The van der Waals surface area contributed by atoms with Crippen molar-refractivity contribution < 1.29 is 19.3 Å². The van der Waals surface area contributed by atoms with E-state index in [0.29, 0.717) is 16.4 Å². The van der Waals surface area contributed by atoms with E-state index in [1.54, 1.807) is 13.0 Å². The molecular weight excluding hydrogens is 407 g/mol. The number of anilines is 2. The topological polar surface area (TPSA) is 110 Å². The fraction of sp³-hybridized carbons (Fsp3) is 0.238. The van der Waals surface area contributed by atoms with Crippen molar-refractivity contribution in [2.45, 2.75) is 26.8 Å². The SMILES string of the molecule is Cc1cccc(C)c1Oc1ccc(Nc2snc(O)c2C(=N)NC(C)CO)cc1F. The molecule has 0 bridgehead atoms. The molecule has 158 valence electrons. The average Bonchev–Trinajstić information content (AvgIpc) is 3.06. The number of amidine groups is 1. The Labute approximate surface area is 177 Å². The van der Waals surface area contributed by atoms with Crippen LogP contribution in [0.4, 0.5) is 15.1 Å². The van der Waals surface area contributed by atoms with Gasteiger partial charge in [0.2, 0.25) is 5.88 Å². The Bertz CT molecular complexity index is 1050. The van der Waals surface area contributed by atoms with Crippen LogP contribution in [-0.2, 0) is 0 Å². The summed E-state index contributed by atoms with van der Waals surface area (Å²) in [6.45, 7) is 5.32. The fourth-order valence-electron chi connectivity index (χ4n) is 2.82. The molecule has 0 aliphatic rings. The van der Waals surface area contributed by atoms with Gasteiger partial charge in [0.15, 0.2) is 11.6 Å². The van der Waals surface area contributed by atoms with Crippen LogP contribution >= 0.6 is 11.5 Å². The largest absolute Gasteiger partial charge is 0.492 e. The number of nitrogens with one attached hydrogen (secondary N) is 3. The number of nitrogens with zero attached hydrogens (tertiary/aromatic N) is 1. The molecule has 3 aromatic rings. The van der Waals surface area contributed by atoms with Crippen LogP contribution in [-0.4, -0.2) is 33.1 Å². The minimum atomic E-state index is -0.556. The first-order chi connectivity index (χ1) is 14.3. The highest BCUT2D eigenvalue weighted by Crippen LogP contribution is 2.35. The number of para-hydroxylation sites is 1. The zero-order valence-corrected chi connectivity index (χ0v) is 17.6. The minimum Gasteiger partial charge on any atom is -0.492 e. The summed E-state index contributed by atoms with van der Waals surface area (Å²) in [4.78, 5) is 0. The van der Waals surface area contributed by atoms with Crippen LogP contribution in [0.5, 0.6) is 17.4 Å². The smallest absolute Gasteiger partial charge is 0.236 e. The van der Waals surface area contributed by atoms with E-state index in [1.165, 1.54) is 12.1 Å². The van der Waals surface area contributed by atoms with Gasteiger partial charge >= 0.3 is 0 Å². The first kappa shape index (κ1) is 21.5. The second-order valence-electron chi connectivity index (χ2n) is 6.91. The summed E-state index contributed by atoms with van der Waals surface area (Å²) in [5.41, 5.74) is 2.37. The first-order valence-corrected chi connectivity index (χ1v) is 10.0. The van der Waals surface area contributed by atoms with Gasteiger partial charge in [-0.2, -0.15) is 4.37 Å². The number of rotatable bonds is 7. The first-order valence-electron chi connectivity index (χ1n) is 9.25. The van der Waals surface area contributed by atoms with Crippen LogP contribution in [0.1, 0.15) is 23.6 Å². The molecule has 0 radical (unpaired) electrons. The highest BCUT2D eigenvalue weighted by molar-refractivity contribution is 7.11. The number of aromatic hydroxyl groups is 1. The fourth-order valence-corrected chi connectivity index (χ4v) is 3.54. The average molecular weight is 431 g/mol. The predicted molar refractivity (Wildman–Crippen MR) is 116 cm³/mol. The summed E-state index contributed by atoms with van der Waals surface area (Å²) in [6.07, 6.45) is 0. The van der Waals surface area contributed by atoms with Crippen molar-refractivity contribution in [3.8, 4) is 17.4 Å². The van der Waals surface area contributed by atoms with E-state index in [9.17, 15) is 9.50 Å². The second-order valence-corrected chi connectivity index (χ2v) is 7.68. The Balaban J connectivity index is 1.81. The normalized spacial score (nSPS) is 11.8. The van der Waals surface area contributed by atoms with Gasteiger partial charge in [-0.25, -0.2) is 4.39 Å². The van der Waals surface area contributed by atoms with Crippen molar-refractivity contribution in [2.75, 3.05) is 11.9 Å². The summed E-state index contributed by atoms with van der Waals surface area (Å²) in [5.74, 6) is -0.262. The van der Waals surface area contributed by atoms with Crippen molar-refractivity contribution in [2.24, 2.45) is 0 Å². The van der Waals surface area contributed by atoms with E-state index in [0.717, 1.165) is 22.7 Å². The molecule has 0 saturated heterocycles. The van der Waals surface area contributed by atoms with Crippen molar-refractivity contribution in [3.05, 3.63) is 58.9 Å². The molecule has 9 heteroatoms. The lowest BCUT2D eigenvalue weighted by molar-refractivity contribution is 0.264. The Kier molecular flexibility index (Phi) is 6.53. The van der Waals surface area contributed by atoms with E-state index in [-0.39, 0.29) is 35.7 Å². The highest BCUT2D eigenvalue weighted by atomic mass is 32.1. The Hall–Kier alpha value is -3.17. The Morgan fingerprint density at radius 1 is 1.27 bits per heavy atom. The Morgan fingerprint density at radius 2 is 1.97 bits per heavy atom. The van der Waals surface area contributed by atoms with Gasteiger partial charge in [0, 0.05) is 17.8 Å². The second kappa shape index (κ2) is 9.10. The molecule has 1 unspecified atom stereocenters. The molecule has 0 amide bonds. The van der Waals surface area contributed by atoms with E-state index in [1.807, 2.05) is 32.0 Å². The Morgan fingerprint density at radius 3 is 2.60 bits per heavy atom. The predicted octanol–water partition coefficient (Wildman–Crippen LogP) is 4.44. The van der Waals surface area contributed by atoms with Crippen molar-refractivity contribution in [1.29, 1.82) is 5.41 Å². The molecule has 0 saturated carbocycles. The molecule has 0 fully saturated rings. The molecule has 0 aliphatic heterocycles. The van der Waals surface area contributed by atoms with Crippen LogP contribution in [0.3, 0.4) is 0 Å². The zero-order valence-electron chi connectivity index (χ0n) is 16.8. The quantitative estimate of drug-likeness (QED) is 0.280. The summed E-state index contributed by atoms with van der Waals surface area (Å²) < 4.78 is 24.3. The maximum Gasteiger partial charge on any atom is 0.236 e. The maximum atomic E-state index is 14.7. The number of hydrogen-bond acceptors (Lipinski definition) is 7. The van der Waals surface area contributed by atoms with Gasteiger partial charge in [0.25, 0.3) is 0 Å². The van der Waals surface area contributed by atoms with Crippen molar-refractivity contribution in [1.82, 2.24) is 9.69 Å². The van der Waals surface area contributed by atoms with Gasteiger partial charge in [-0.3, -0.25) is 5.41 Å². The number of halogens is 1. The molecule has 3 rings (SSSR count). The van der Waals surface area contributed by atoms with Crippen LogP contribution in [0, 0.1) is 25.1 Å². The summed E-state index contributed by atoms with van der Waals surface area (Å²) in [6, 6.07) is 9.77. The number of benzene rings is 2. The maximum absolute atomic E-state index is 14.7. The molecule has 2 aromatic carbocycles. The summed E-state index contributed by atoms with van der Waals surface area (Å²) >= 11 is 0.942. The third kappa shape index (κ3) is 4.69. The van der Waals surface area contributed by atoms with E-state index in [2.05, 4.69) is 15.0 Å². The third-order valence-corrected chi connectivity index (χ3v) is 5.15. The third-order valence-electron chi connectivity index (χ3n) is 4.40. The molecule has 7 nitrogen and oxygen atoms in total. The van der Waals surface area contributed by atoms with Crippen LogP contribution in [0.2, 0.25) is 0 Å².